The molecule has 0 aliphatic heterocycles. The van der Waals surface area contributed by atoms with Gasteiger partial charge < -0.3 is 14.5 Å². The summed E-state index contributed by atoms with van der Waals surface area (Å²) in [6, 6.07) is 6.49. The standard InChI is InChI=1S/C13H13NO4S/c1-8(9-4-3-7-18-9)14-12(15)10-5-6-11(19-10)13(16)17-2/h3-8H,1-2H3,(H,14,15)/t8-/m1/s1. The van der Waals surface area contributed by atoms with Gasteiger partial charge in [-0.1, -0.05) is 0 Å². The number of hydrogen-bond acceptors (Lipinski definition) is 5. The summed E-state index contributed by atoms with van der Waals surface area (Å²) in [7, 11) is 1.31. The van der Waals surface area contributed by atoms with Gasteiger partial charge in [0.05, 0.1) is 24.3 Å². The second kappa shape index (κ2) is 5.71. The van der Waals surface area contributed by atoms with Crippen LogP contribution in [0.25, 0.3) is 0 Å². The molecule has 19 heavy (non-hydrogen) atoms. The quantitative estimate of drug-likeness (QED) is 0.873. The molecule has 6 heteroatoms. The molecule has 0 saturated carbocycles. The summed E-state index contributed by atoms with van der Waals surface area (Å²) >= 11 is 1.10. The number of hydrogen-bond donors (Lipinski definition) is 1. The lowest BCUT2D eigenvalue weighted by Gasteiger charge is -2.09. The number of amides is 1. The summed E-state index contributed by atoms with van der Waals surface area (Å²) < 4.78 is 9.80. The minimum Gasteiger partial charge on any atom is -0.467 e. The van der Waals surface area contributed by atoms with Crippen molar-refractivity contribution < 1.29 is 18.7 Å². The van der Waals surface area contributed by atoms with Crippen LogP contribution in [-0.4, -0.2) is 19.0 Å². The fraction of sp³-hybridized carbons (Fsp3) is 0.231. The molecule has 0 saturated heterocycles. The smallest absolute Gasteiger partial charge is 0.348 e. The van der Waals surface area contributed by atoms with Gasteiger partial charge in [-0.15, -0.1) is 11.3 Å². The molecule has 0 spiro atoms. The molecule has 0 aliphatic carbocycles. The second-order valence-electron chi connectivity index (χ2n) is 3.87. The first-order valence-electron chi connectivity index (χ1n) is 5.64. The Morgan fingerprint density at radius 1 is 1.32 bits per heavy atom. The fourth-order valence-electron chi connectivity index (χ4n) is 1.55. The monoisotopic (exact) mass is 279 g/mol. The van der Waals surface area contributed by atoms with E-state index in [1.54, 1.807) is 30.5 Å². The van der Waals surface area contributed by atoms with E-state index in [0.29, 0.717) is 15.5 Å². The van der Waals surface area contributed by atoms with Gasteiger partial charge in [-0.3, -0.25) is 4.79 Å². The van der Waals surface area contributed by atoms with Crippen molar-refractivity contribution in [2.75, 3.05) is 7.11 Å². The van der Waals surface area contributed by atoms with Crippen molar-refractivity contribution in [3.63, 3.8) is 0 Å². The number of carbonyl (C=O) groups is 2. The lowest BCUT2D eigenvalue weighted by Crippen LogP contribution is -2.25. The summed E-state index contributed by atoms with van der Waals surface area (Å²) in [5, 5.41) is 2.79. The van der Waals surface area contributed by atoms with Crippen molar-refractivity contribution in [2.45, 2.75) is 13.0 Å². The van der Waals surface area contributed by atoms with Gasteiger partial charge in [0, 0.05) is 0 Å². The highest BCUT2D eigenvalue weighted by Gasteiger charge is 2.17. The highest BCUT2D eigenvalue weighted by atomic mass is 32.1. The molecule has 100 valence electrons. The summed E-state index contributed by atoms with van der Waals surface area (Å²) in [5.41, 5.74) is 0. The molecule has 0 aliphatic rings. The van der Waals surface area contributed by atoms with Crippen LogP contribution in [0.1, 0.15) is 38.1 Å². The number of carbonyl (C=O) groups excluding carboxylic acids is 2. The van der Waals surface area contributed by atoms with E-state index < -0.39 is 5.97 Å². The number of methoxy groups -OCH3 is 1. The average Bonchev–Trinajstić information content (AvgIpc) is 3.08. The summed E-state index contributed by atoms with van der Waals surface area (Å²) in [4.78, 5) is 24.1. The molecule has 0 fully saturated rings. The Bertz CT molecular complexity index is 573. The van der Waals surface area contributed by atoms with E-state index in [2.05, 4.69) is 10.1 Å². The van der Waals surface area contributed by atoms with Crippen molar-refractivity contribution in [2.24, 2.45) is 0 Å². The van der Waals surface area contributed by atoms with E-state index in [1.807, 2.05) is 6.92 Å². The molecule has 1 amide bonds. The number of esters is 1. The number of rotatable bonds is 4. The first-order chi connectivity index (χ1) is 9.11. The molecule has 0 unspecified atom stereocenters. The van der Waals surface area contributed by atoms with Crippen LogP contribution in [0.2, 0.25) is 0 Å². The fourth-order valence-corrected chi connectivity index (χ4v) is 2.37. The SMILES string of the molecule is COC(=O)c1ccc(C(=O)N[C@H](C)c2ccco2)s1. The molecule has 2 heterocycles. The van der Waals surface area contributed by atoms with Crippen LogP contribution in [-0.2, 0) is 4.74 Å². The maximum atomic E-state index is 12.0. The van der Waals surface area contributed by atoms with Crippen LogP contribution in [0.3, 0.4) is 0 Å². The second-order valence-corrected chi connectivity index (χ2v) is 4.95. The highest BCUT2D eigenvalue weighted by molar-refractivity contribution is 7.15. The Balaban J connectivity index is 2.04. The van der Waals surface area contributed by atoms with E-state index in [0.717, 1.165) is 11.3 Å². The summed E-state index contributed by atoms with van der Waals surface area (Å²) in [6.45, 7) is 1.82. The predicted molar refractivity (Wildman–Crippen MR) is 70.2 cm³/mol. The topological polar surface area (TPSA) is 68.5 Å². The van der Waals surface area contributed by atoms with Crippen LogP contribution in [0.4, 0.5) is 0 Å². The zero-order chi connectivity index (χ0) is 13.8. The maximum Gasteiger partial charge on any atom is 0.348 e. The van der Waals surface area contributed by atoms with E-state index in [1.165, 1.54) is 7.11 Å². The molecular weight excluding hydrogens is 266 g/mol. The van der Waals surface area contributed by atoms with Crippen LogP contribution in [0.5, 0.6) is 0 Å². The van der Waals surface area contributed by atoms with Gasteiger partial charge >= 0.3 is 5.97 Å². The Kier molecular flexibility index (Phi) is 4.01. The largest absolute Gasteiger partial charge is 0.467 e. The maximum absolute atomic E-state index is 12.0. The van der Waals surface area contributed by atoms with Crippen LogP contribution < -0.4 is 5.32 Å². The lowest BCUT2D eigenvalue weighted by molar-refractivity contribution is 0.0606. The first kappa shape index (κ1) is 13.4. The van der Waals surface area contributed by atoms with Gasteiger partial charge in [-0.25, -0.2) is 4.79 Å². The van der Waals surface area contributed by atoms with Gasteiger partial charge in [0.2, 0.25) is 0 Å². The van der Waals surface area contributed by atoms with E-state index in [-0.39, 0.29) is 11.9 Å². The molecule has 0 aromatic carbocycles. The third-order valence-electron chi connectivity index (χ3n) is 2.53. The number of thiophene rings is 1. The minimum absolute atomic E-state index is 0.230. The van der Waals surface area contributed by atoms with Crippen molar-refractivity contribution in [3.8, 4) is 0 Å². The van der Waals surface area contributed by atoms with Gasteiger partial charge in [0.15, 0.2) is 0 Å². The zero-order valence-electron chi connectivity index (χ0n) is 10.5. The molecule has 2 rings (SSSR count). The number of furan rings is 1. The highest BCUT2D eigenvalue weighted by Crippen LogP contribution is 2.19. The third-order valence-corrected chi connectivity index (χ3v) is 3.60. The average molecular weight is 279 g/mol. The van der Waals surface area contributed by atoms with E-state index in [4.69, 9.17) is 4.42 Å². The Morgan fingerprint density at radius 3 is 2.68 bits per heavy atom. The molecule has 0 radical (unpaired) electrons. The van der Waals surface area contributed by atoms with E-state index >= 15 is 0 Å². The van der Waals surface area contributed by atoms with Gasteiger partial charge in [0.1, 0.15) is 10.6 Å². The molecule has 0 bridgehead atoms. The Labute approximate surface area is 114 Å². The summed E-state index contributed by atoms with van der Waals surface area (Å²) in [5.74, 6) is -0.00900. The predicted octanol–water partition coefficient (Wildman–Crippen LogP) is 2.62. The molecule has 2 aromatic rings. The molecule has 5 nitrogen and oxygen atoms in total. The third kappa shape index (κ3) is 3.03. The minimum atomic E-state index is -0.442. The van der Waals surface area contributed by atoms with Gasteiger partial charge in [-0.2, -0.15) is 0 Å². The van der Waals surface area contributed by atoms with Gasteiger partial charge in [0.25, 0.3) is 5.91 Å². The van der Waals surface area contributed by atoms with Crippen molar-refractivity contribution >= 4 is 23.2 Å². The van der Waals surface area contributed by atoms with Crippen LogP contribution in [0, 0.1) is 0 Å². The van der Waals surface area contributed by atoms with Crippen LogP contribution >= 0.6 is 11.3 Å². The van der Waals surface area contributed by atoms with Crippen molar-refractivity contribution in [1.82, 2.24) is 5.32 Å². The normalized spacial score (nSPS) is 11.9. The van der Waals surface area contributed by atoms with Crippen LogP contribution in [0.15, 0.2) is 34.9 Å². The first-order valence-corrected chi connectivity index (χ1v) is 6.46. The molecule has 2 aromatic heterocycles. The summed E-state index contributed by atoms with van der Waals surface area (Å²) in [6.07, 6.45) is 1.55. The van der Waals surface area contributed by atoms with Crippen molar-refractivity contribution in [3.05, 3.63) is 46.0 Å². The van der Waals surface area contributed by atoms with Gasteiger partial charge in [-0.05, 0) is 31.2 Å². The lowest BCUT2D eigenvalue weighted by atomic mass is 10.2. The van der Waals surface area contributed by atoms with E-state index in [9.17, 15) is 9.59 Å². The zero-order valence-corrected chi connectivity index (χ0v) is 11.3. The van der Waals surface area contributed by atoms with Crippen molar-refractivity contribution in [1.29, 1.82) is 0 Å². The number of ether oxygens (including phenoxy) is 1. The Hall–Kier alpha value is -2.08. The number of nitrogens with one attached hydrogen (secondary N) is 1. The molecule has 1 atom stereocenters. The molecular formula is C13H13NO4S. The Morgan fingerprint density at radius 2 is 2.05 bits per heavy atom. The molecule has 1 N–H and O–H groups in total.